The fourth-order valence-electron chi connectivity index (χ4n) is 2.33. The molecule has 0 radical (unpaired) electrons. The highest BCUT2D eigenvalue weighted by Gasteiger charge is 2.11. The van der Waals surface area contributed by atoms with Crippen LogP contribution >= 0.6 is 11.3 Å². The molecule has 118 valence electrons. The van der Waals surface area contributed by atoms with E-state index >= 15 is 0 Å². The SMILES string of the molecule is CC(C)c1cnnn1-c1cccc(NC(=O)Cc2cccs2)c1. The van der Waals surface area contributed by atoms with E-state index in [0.29, 0.717) is 12.3 Å². The summed E-state index contributed by atoms with van der Waals surface area (Å²) < 4.78 is 1.81. The van der Waals surface area contributed by atoms with Crippen LogP contribution in [0.25, 0.3) is 5.69 Å². The van der Waals surface area contributed by atoms with Crippen molar-refractivity contribution in [3.05, 3.63) is 58.5 Å². The Bertz CT molecular complexity index is 793. The minimum atomic E-state index is -0.0210. The molecule has 3 rings (SSSR count). The number of carbonyl (C=O) groups is 1. The number of carbonyl (C=O) groups excluding carboxylic acids is 1. The number of nitrogens with zero attached hydrogens (tertiary/aromatic N) is 3. The molecular weight excluding hydrogens is 308 g/mol. The van der Waals surface area contributed by atoms with Crippen molar-refractivity contribution in [2.75, 3.05) is 5.32 Å². The Morgan fingerprint density at radius 2 is 2.17 bits per heavy atom. The average Bonchev–Trinajstić information content (AvgIpc) is 3.18. The molecule has 6 heteroatoms. The van der Waals surface area contributed by atoms with Crippen LogP contribution in [0.1, 0.15) is 30.3 Å². The van der Waals surface area contributed by atoms with Gasteiger partial charge in [-0.05, 0) is 35.6 Å². The van der Waals surface area contributed by atoms with Gasteiger partial charge >= 0.3 is 0 Å². The minimum Gasteiger partial charge on any atom is -0.326 e. The number of nitrogens with one attached hydrogen (secondary N) is 1. The molecule has 0 spiro atoms. The van der Waals surface area contributed by atoms with Gasteiger partial charge in [0.15, 0.2) is 0 Å². The number of thiophene rings is 1. The molecule has 0 fully saturated rings. The summed E-state index contributed by atoms with van der Waals surface area (Å²) in [6.45, 7) is 4.20. The largest absolute Gasteiger partial charge is 0.326 e. The second kappa shape index (κ2) is 6.75. The molecule has 0 saturated heterocycles. The van der Waals surface area contributed by atoms with Gasteiger partial charge in [0.1, 0.15) is 0 Å². The third kappa shape index (κ3) is 3.65. The van der Waals surface area contributed by atoms with Gasteiger partial charge in [-0.2, -0.15) is 0 Å². The van der Waals surface area contributed by atoms with Crippen molar-refractivity contribution < 1.29 is 4.79 Å². The van der Waals surface area contributed by atoms with E-state index in [1.807, 2.05) is 41.8 Å². The van der Waals surface area contributed by atoms with Crippen molar-refractivity contribution in [1.29, 1.82) is 0 Å². The lowest BCUT2D eigenvalue weighted by Crippen LogP contribution is -2.14. The molecule has 0 aliphatic rings. The molecule has 1 amide bonds. The smallest absolute Gasteiger partial charge is 0.229 e. The van der Waals surface area contributed by atoms with Crippen LogP contribution in [0.5, 0.6) is 0 Å². The quantitative estimate of drug-likeness (QED) is 0.779. The molecule has 0 atom stereocenters. The second-order valence-corrected chi connectivity index (χ2v) is 6.61. The monoisotopic (exact) mass is 326 g/mol. The maximum atomic E-state index is 12.1. The molecule has 1 aromatic carbocycles. The third-order valence-corrected chi connectivity index (χ3v) is 4.33. The van der Waals surface area contributed by atoms with Crippen LogP contribution in [0.4, 0.5) is 5.69 Å². The van der Waals surface area contributed by atoms with E-state index in [-0.39, 0.29) is 5.91 Å². The Labute approximate surface area is 139 Å². The first kappa shape index (κ1) is 15.4. The maximum Gasteiger partial charge on any atom is 0.229 e. The summed E-state index contributed by atoms with van der Waals surface area (Å²) in [4.78, 5) is 13.2. The van der Waals surface area contributed by atoms with Gasteiger partial charge in [-0.1, -0.05) is 31.2 Å². The number of hydrogen-bond acceptors (Lipinski definition) is 4. The molecule has 23 heavy (non-hydrogen) atoms. The number of aromatic nitrogens is 3. The lowest BCUT2D eigenvalue weighted by atomic mass is 10.1. The predicted molar refractivity (Wildman–Crippen MR) is 92.1 cm³/mol. The lowest BCUT2D eigenvalue weighted by Gasteiger charge is -2.10. The Hall–Kier alpha value is -2.47. The summed E-state index contributed by atoms with van der Waals surface area (Å²) in [6.07, 6.45) is 2.16. The van der Waals surface area contributed by atoms with Gasteiger partial charge in [-0.15, -0.1) is 16.4 Å². The molecule has 0 unspecified atom stereocenters. The standard InChI is InChI=1S/C17H18N4OS/c1-12(2)16-11-18-20-21(16)14-6-3-5-13(9-14)19-17(22)10-15-7-4-8-23-15/h3-9,11-12H,10H2,1-2H3,(H,19,22). The van der Waals surface area contributed by atoms with Crippen LogP contribution in [0.15, 0.2) is 48.0 Å². The number of amides is 1. The van der Waals surface area contributed by atoms with Gasteiger partial charge in [0, 0.05) is 10.6 Å². The zero-order valence-corrected chi connectivity index (χ0v) is 13.9. The molecule has 2 aromatic heterocycles. The molecular formula is C17H18N4OS. The zero-order chi connectivity index (χ0) is 16.2. The topological polar surface area (TPSA) is 59.8 Å². The third-order valence-electron chi connectivity index (χ3n) is 3.46. The van der Waals surface area contributed by atoms with Crippen molar-refractivity contribution in [1.82, 2.24) is 15.0 Å². The summed E-state index contributed by atoms with van der Waals surface area (Å²) >= 11 is 1.58. The minimum absolute atomic E-state index is 0.0210. The van der Waals surface area contributed by atoms with E-state index in [4.69, 9.17) is 0 Å². The molecule has 5 nitrogen and oxygen atoms in total. The highest BCUT2D eigenvalue weighted by molar-refractivity contribution is 7.10. The summed E-state index contributed by atoms with van der Waals surface area (Å²) in [5, 5.41) is 13.0. The number of benzene rings is 1. The van der Waals surface area contributed by atoms with Crippen molar-refractivity contribution in [2.45, 2.75) is 26.2 Å². The van der Waals surface area contributed by atoms with Gasteiger partial charge in [0.25, 0.3) is 0 Å². The zero-order valence-electron chi connectivity index (χ0n) is 13.1. The Morgan fingerprint density at radius 3 is 2.91 bits per heavy atom. The van der Waals surface area contributed by atoms with E-state index in [2.05, 4.69) is 29.5 Å². The highest BCUT2D eigenvalue weighted by Crippen LogP contribution is 2.20. The van der Waals surface area contributed by atoms with Crippen molar-refractivity contribution in [3.8, 4) is 5.69 Å². The molecule has 0 aliphatic carbocycles. The first-order chi connectivity index (χ1) is 11.1. The Kier molecular flexibility index (Phi) is 4.52. The average molecular weight is 326 g/mol. The first-order valence-corrected chi connectivity index (χ1v) is 8.34. The Morgan fingerprint density at radius 1 is 1.30 bits per heavy atom. The molecule has 0 aliphatic heterocycles. The fourth-order valence-corrected chi connectivity index (χ4v) is 3.03. The molecule has 0 saturated carbocycles. The first-order valence-electron chi connectivity index (χ1n) is 7.47. The van der Waals surface area contributed by atoms with Crippen LogP contribution in [0, 0.1) is 0 Å². The van der Waals surface area contributed by atoms with Crippen LogP contribution < -0.4 is 5.32 Å². The predicted octanol–water partition coefficient (Wildman–Crippen LogP) is 3.63. The van der Waals surface area contributed by atoms with E-state index in [0.717, 1.165) is 21.9 Å². The molecule has 1 N–H and O–H groups in total. The summed E-state index contributed by atoms with van der Waals surface area (Å²) in [7, 11) is 0. The van der Waals surface area contributed by atoms with Crippen LogP contribution in [-0.4, -0.2) is 20.9 Å². The van der Waals surface area contributed by atoms with Gasteiger partial charge in [0.05, 0.1) is 24.0 Å². The summed E-state index contributed by atoms with van der Waals surface area (Å²) in [5.41, 5.74) is 2.68. The maximum absolute atomic E-state index is 12.1. The summed E-state index contributed by atoms with van der Waals surface area (Å²) in [5.74, 6) is 0.300. The lowest BCUT2D eigenvalue weighted by molar-refractivity contribution is -0.115. The van der Waals surface area contributed by atoms with E-state index in [9.17, 15) is 4.79 Å². The molecule has 0 bridgehead atoms. The van der Waals surface area contributed by atoms with Gasteiger partial charge in [-0.3, -0.25) is 4.79 Å². The van der Waals surface area contributed by atoms with Crippen molar-refractivity contribution in [3.63, 3.8) is 0 Å². The van der Waals surface area contributed by atoms with Crippen LogP contribution in [-0.2, 0) is 11.2 Å². The second-order valence-electron chi connectivity index (χ2n) is 5.58. The summed E-state index contributed by atoms with van der Waals surface area (Å²) in [6, 6.07) is 11.6. The number of hydrogen-bond donors (Lipinski definition) is 1. The normalized spacial score (nSPS) is 10.9. The number of rotatable bonds is 5. The van der Waals surface area contributed by atoms with Gasteiger partial charge in [0.2, 0.25) is 5.91 Å². The van der Waals surface area contributed by atoms with Crippen molar-refractivity contribution in [2.24, 2.45) is 0 Å². The van der Waals surface area contributed by atoms with Crippen LogP contribution in [0.3, 0.4) is 0 Å². The van der Waals surface area contributed by atoms with Gasteiger partial charge < -0.3 is 5.32 Å². The van der Waals surface area contributed by atoms with E-state index in [1.165, 1.54) is 0 Å². The fraction of sp³-hybridized carbons (Fsp3) is 0.235. The van der Waals surface area contributed by atoms with Crippen LogP contribution in [0.2, 0.25) is 0 Å². The Balaban J connectivity index is 1.77. The van der Waals surface area contributed by atoms with Crippen molar-refractivity contribution >= 4 is 22.9 Å². The van der Waals surface area contributed by atoms with E-state index in [1.54, 1.807) is 22.2 Å². The van der Waals surface area contributed by atoms with Gasteiger partial charge in [-0.25, -0.2) is 4.68 Å². The number of anilines is 1. The van der Waals surface area contributed by atoms with E-state index < -0.39 is 0 Å². The molecule has 2 heterocycles. The highest BCUT2D eigenvalue weighted by atomic mass is 32.1. The molecule has 3 aromatic rings.